The zero-order valence-corrected chi connectivity index (χ0v) is 12.0. The van der Waals surface area contributed by atoms with Gasteiger partial charge in [0.1, 0.15) is 0 Å². The standard InChI is InChI=1S/C17H18N4/c1-21-16(9-12-20-21)13-19-17(14-5-3-2-4-6-14)15-7-10-18-11-8-15/h2-12,17,19H,13H2,1H3. The Morgan fingerprint density at radius 1 is 0.952 bits per heavy atom. The van der Waals surface area contributed by atoms with E-state index in [1.807, 2.05) is 54.6 Å². The maximum absolute atomic E-state index is 4.21. The summed E-state index contributed by atoms with van der Waals surface area (Å²) in [6, 6.07) is 16.7. The minimum absolute atomic E-state index is 0.143. The molecule has 1 atom stereocenters. The largest absolute Gasteiger partial charge is 0.301 e. The predicted molar refractivity (Wildman–Crippen MR) is 82.6 cm³/mol. The molecule has 106 valence electrons. The summed E-state index contributed by atoms with van der Waals surface area (Å²) < 4.78 is 1.89. The number of hydrogen-bond donors (Lipinski definition) is 1. The lowest BCUT2D eigenvalue weighted by molar-refractivity contribution is 0.571. The second-order valence-electron chi connectivity index (χ2n) is 4.95. The summed E-state index contributed by atoms with van der Waals surface area (Å²) in [6.07, 6.45) is 5.48. The lowest BCUT2D eigenvalue weighted by Crippen LogP contribution is -2.23. The van der Waals surface area contributed by atoms with Crippen LogP contribution in [-0.4, -0.2) is 14.8 Å². The van der Waals surface area contributed by atoms with Gasteiger partial charge in [0.15, 0.2) is 0 Å². The molecule has 4 nitrogen and oxygen atoms in total. The molecule has 0 saturated heterocycles. The van der Waals surface area contributed by atoms with Gasteiger partial charge in [-0.05, 0) is 29.3 Å². The van der Waals surface area contributed by atoms with Crippen LogP contribution in [0.15, 0.2) is 67.1 Å². The van der Waals surface area contributed by atoms with Gasteiger partial charge in [-0.1, -0.05) is 30.3 Å². The van der Waals surface area contributed by atoms with Crippen LogP contribution >= 0.6 is 0 Å². The van der Waals surface area contributed by atoms with Crippen molar-refractivity contribution in [2.24, 2.45) is 7.05 Å². The Hall–Kier alpha value is -2.46. The molecule has 1 unspecified atom stereocenters. The summed E-state index contributed by atoms with van der Waals surface area (Å²) in [6.45, 7) is 0.762. The van der Waals surface area contributed by atoms with Crippen LogP contribution in [0.4, 0.5) is 0 Å². The minimum Gasteiger partial charge on any atom is -0.301 e. The summed E-state index contributed by atoms with van der Waals surface area (Å²) in [5, 5.41) is 7.81. The van der Waals surface area contributed by atoms with Crippen molar-refractivity contribution in [1.82, 2.24) is 20.1 Å². The third-order valence-corrected chi connectivity index (χ3v) is 3.58. The molecule has 0 fully saturated rings. The maximum atomic E-state index is 4.21. The molecule has 3 aromatic rings. The highest BCUT2D eigenvalue weighted by atomic mass is 15.3. The van der Waals surface area contributed by atoms with Gasteiger partial charge >= 0.3 is 0 Å². The van der Waals surface area contributed by atoms with Crippen LogP contribution in [0.1, 0.15) is 22.9 Å². The first-order valence-corrected chi connectivity index (χ1v) is 7.00. The molecule has 21 heavy (non-hydrogen) atoms. The van der Waals surface area contributed by atoms with Gasteiger partial charge in [-0.3, -0.25) is 9.67 Å². The number of hydrogen-bond acceptors (Lipinski definition) is 3. The second kappa shape index (κ2) is 6.33. The smallest absolute Gasteiger partial charge is 0.0580 e. The fourth-order valence-electron chi connectivity index (χ4n) is 2.41. The summed E-state index contributed by atoms with van der Waals surface area (Å²) in [4.78, 5) is 4.10. The van der Waals surface area contributed by atoms with Gasteiger partial charge in [-0.25, -0.2) is 0 Å². The molecule has 0 amide bonds. The zero-order valence-electron chi connectivity index (χ0n) is 12.0. The van der Waals surface area contributed by atoms with Crippen LogP contribution in [0.3, 0.4) is 0 Å². The molecule has 0 aliphatic heterocycles. The van der Waals surface area contributed by atoms with Gasteiger partial charge in [-0.2, -0.15) is 5.10 Å². The summed E-state index contributed by atoms with van der Waals surface area (Å²) in [5.74, 6) is 0. The number of aryl methyl sites for hydroxylation is 1. The molecule has 1 N–H and O–H groups in total. The molecule has 0 spiro atoms. The number of benzene rings is 1. The molecule has 0 bridgehead atoms. The van der Waals surface area contributed by atoms with Crippen LogP contribution in [0, 0.1) is 0 Å². The molecule has 0 saturated carbocycles. The Labute approximate surface area is 124 Å². The van der Waals surface area contributed by atoms with Gasteiger partial charge in [0.2, 0.25) is 0 Å². The maximum Gasteiger partial charge on any atom is 0.0580 e. The monoisotopic (exact) mass is 278 g/mol. The fourth-order valence-corrected chi connectivity index (χ4v) is 2.41. The summed E-state index contributed by atoms with van der Waals surface area (Å²) in [5.41, 5.74) is 3.61. The predicted octanol–water partition coefficient (Wildman–Crippen LogP) is 2.69. The molecule has 4 heteroatoms. The topological polar surface area (TPSA) is 42.7 Å². The van der Waals surface area contributed by atoms with Crippen LogP contribution in [0.25, 0.3) is 0 Å². The number of rotatable bonds is 5. The van der Waals surface area contributed by atoms with E-state index in [4.69, 9.17) is 0 Å². The summed E-state index contributed by atoms with van der Waals surface area (Å²) in [7, 11) is 1.96. The van der Waals surface area contributed by atoms with E-state index in [0.29, 0.717) is 0 Å². The molecule has 0 aliphatic carbocycles. The quantitative estimate of drug-likeness (QED) is 0.780. The van der Waals surface area contributed by atoms with Crippen molar-refractivity contribution >= 4 is 0 Å². The average molecular weight is 278 g/mol. The zero-order chi connectivity index (χ0) is 14.5. The highest BCUT2D eigenvalue weighted by Gasteiger charge is 2.13. The van der Waals surface area contributed by atoms with Gasteiger partial charge < -0.3 is 5.32 Å². The lowest BCUT2D eigenvalue weighted by atomic mass is 9.99. The molecular weight excluding hydrogens is 260 g/mol. The van der Waals surface area contributed by atoms with Crippen molar-refractivity contribution < 1.29 is 0 Å². The van der Waals surface area contributed by atoms with E-state index in [1.165, 1.54) is 11.1 Å². The van der Waals surface area contributed by atoms with Crippen molar-refractivity contribution in [3.05, 3.63) is 83.9 Å². The van der Waals surface area contributed by atoms with Crippen LogP contribution < -0.4 is 5.32 Å². The van der Waals surface area contributed by atoms with Crippen LogP contribution in [0.5, 0.6) is 0 Å². The SMILES string of the molecule is Cn1nccc1CNC(c1ccccc1)c1ccncc1. The van der Waals surface area contributed by atoms with E-state index in [1.54, 1.807) is 0 Å². The summed E-state index contributed by atoms with van der Waals surface area (Å²) >= 11 is 0. The van der Waals surface area contributed by atoms with Crippen molar-refractivity contribution in [2.45, 2.75) is 12.6 Å². The first kappa shape index (κ1) is 13.5. The van der Waals surface area contributed by atoms with Crippen molar-refractivity contribution in [3.8, 4) is 0 Å². The van der Waals surface area contributed by atoms with Gasteiger partial charge in [-0.15, -0.1) is 0 Å². The van der Waals surface area contributed by atoms with E-state index < -0.39 is 0 Å². The molecule has 0 aliphatic rings. The van der Waals surface area contributed by atoms with Crippen molar-refractivity contribution in [2.75, 3.05) is 0 Å². The molecular formula is C17H18N4. The van der Waals surface area contributed by atoms with Crippen molar-refractivity contribution in [3.63, 3.8) is 0 Å². The van der Waals surface area contributed by atoms with E-state index in [9.17, 15) is 0 Å². The average Bonchev–Trinajstić information content (AvgIpc) is 2.95. The minimum atomic E-state index is 0.143. The third kappa shape index (κ3) is 3.17. The Morgan fingerprint density at radius 2 is 1.67 bits per heavy atom. The van der Waals surface area contributed by atoms with Gasteiger partial charge in [0, 0.05) is 32.2 Å². The Balaban J connectivity index is 1.85. The first-order valence-electron chi connectivity index (χ1n) is 7.00. The first-order chi connectivity index (χ1) is 10.3. The fraction of sp³-hybridized carbons (Fsp3) is 0.176. The van der Waals surface area contributed by atoms with E-state index in [-0.39, 0.29) is 6.04 Å². The normalized spacial score (nSPS) is 12.2. The number of nitrogens with one attached hydrogen (secondary N) is 1. The Bertz CT molecular complexity index is 637. The van der Waals surface area contributed by atoms with E-state index >= 15 is 0 Å². The van der Waals surface area contributed by atoms with Gasteiger partial charge in [0.05, 0.1) is 11.7 Å². The van der Waals surface area contributed by atoms with E-state index in [0.717, 1.165) is 12.2 Å². The molecule has 2 aromatic heterocycles. The second-order valence-corrected chi connectivity index (χ2v) is 4.95. The third-order valence-electron chi connectivity index (χ3n) is 3.58. The number of nitrogens with zero attached hydrogens (tertiary/aromatic N) is 3. The highest BCUT2D eigenvalue weighted by Crippen LogP contribution is 2.21. The van der Waals surface area contributed by atoms with Crippen LogP contribution in [-0.2, 0) is 13.6 Å². The molecule has 0 radical (unpaired) electrons. The number of aromatic nitrogens is 3. The van der Waals surface area contributed by atoms with Crippen molar-refractivity contribution in [1.29, 1.82) is 0 Å². The molecule has 3 rings (SSSR count). The van der Waals surface area contributed by atoms with E-state index in [2.05, 4.69) is 39.7 Å². The van der Waals surface area contributed by atoms with Crippen LogP contribution in [0.2, 0.25) is 0 Å². The Morgan fingerprint density at radius 3 is 2.33 bits per heavy atom. The van der Waals surface area contributed by atoms with Gasteiger partial charge in [0.25, 0.3) is 0 Å². The molecule has 1 aromatic carbocycles. The molecule has 2 heterocycles. The number of pyridine rings is 1. The Kier molecular flexibility index (Phi) is 4.07. The lowest BCUT2D eigenvalue weighted by Gasteiger charge is -2.19. The highest BCUT2D eigenvalue weighted by molar-refractivity contribution is 5.30.